The van der Waals surface area contributed by atoms with Gasteiger partial charge in [-0.25, -0.2) is 0 Å². The molecule has 1 N–H and O–H groups in total. The van der Waals surface area contributed by atoms with E-state index in [0.29, 0.717) is 0 Å². The van der Waals surface area contributed by atoms with Crippen molar-refractivity contribution in [1.82, 2.24) is 0 Å². The summed E-state index contributed by atoms with van der Waals surface area (Å²) in [5, 5.41) is 14.0. The van der Waals surface area contributed by atoms with Crippen molar-refractivity contribution in [1.29, 1.82) is 0 Å². The molecule has 1 unspecified atom stereocenters. The Hall–Kier alpha value is -2.91. The number of aliphatic hydroxyl groups excluding tert-OH is 1. The van der Waals surface area contributed by atoms with Crippen molar-refractivity contribution in [2.45, 2.75) is 6.10 Å². The lowest BCUT2D eigenvalue weighted by atomic mass is 10.0. The van der Waals surface area contributed by atoms with E-state index in [2.05, 4.69) is 5.16 Å². The quantitative estimate of drug-likeness (QED) is 0.547. The molecule has 3 aromatic rings. The molecule has 1 atom stereocenters. The molecule has 120 valence electrons. The fourth-order valence-electron chi connectivity index (χ4n) is 2.45. The van der Waals surface area contributed by atoms with Gasteiger partial charge >= 0.3 is 0 Å². The van der Waals surface area contributed by atoms with Gasteiger partial charge < -0.3 is 9.94 Å². The number of aliphatic hydroxyl groups is 1. The van der Waals surface area contributed by atoms with Crippen LogP contribution in [0.2, 0.25) is 0 Å². The predicted octanol–water partition coefficient (Wildman–Crippen LogP) is 4.19. The van der Waals surface area contributed by atoms with Crippen LogP contribution in [-0.2, 0) is 4.84 Å². The maximum Gasteiger partial charge on any atom is 0.175 e. The van der Waals surface area contributed by atoms with E-state index in [0.717, 1.165) is 22.4 Å². The fourth-order valence-corrected chi connectivity index (χ4v) is 2.45. The van der Waals surface area contributed by atoms with Gasteiger partial charge in [0.1, 0.15) is 5.71 Å². The first-order valence-electron chi connectivity index (χ1n) is 7.89. The van der Waals surface area contributed by atoms with Gasteiger partial charge in [-0.3, -0.25) is 0 Å². The smallest absolute Gasteiger partial charge is 0.175 e. The summed E-state index contributed by atoms with van der Waals surface area (Å²) in [5.41, 5.74) is 3.57. The summed E-state index contributed by atoms with van der Waals surface area (Å²) >= 11 is 0. The van der Waals surface area contributed by atoms with Crippen molar-refractivity contribution in [3.63, 3.8) is 0 Å². The molecular weight excluding hydrogens is 298 g/mol. The third-order valence-corrected chi connectivity index (χ3v) is 3.70. The van der Waals surface area contributed by atoms with E-state index >= 15 is 0 Å². The Morgan fingerprint density at radius 2 is 1.21 bits per heavy atom. The number of oxime groups is 1. The zero-order valence-corrected chi connectivity index (χ0v) is 13.2. The molecule has 3 rings (SSSR count). The summed E-state index contributed by atoms with van der Waals surface area (Å²) in [4.78, 5) is 5.69. The van der Waals surface area contributed by atoms with Crippen LogP contribution in [0, 0.1) is 0 Å². The lowest BCUT2D eigenvalue weighted by Crippen LogP contribution is -2.09. The molecule has 0 aliphatic carbocycles. The Kier molecular flexibility index (Phi) is 5.38. The third kappa shape index (κ3) is 3.89. The highest BCUT2D eigenvalue weighted by Gasteiger charge is 2.13. The highest BCUT2D eigenvalue weighted by atomic mass is 16.6. The molecule has 0 saturated heterocycles. The minimum atomic E-state index is -0.492. The van der Waals surface area contributed by atoms with Crippen molar-refractivity contribution in [2.75, 3.05) is 6.61 Å². The number of hydrogen-bond acceptors (Lipinski definition) is 3. The first kappa shape index (κ1) is 16.0. The van der Waals surface area contributed by atoms with Crippen molar-refractivity contribution < 1.29 is 9.94 Å². The Balaban J connectivity index is 1.92. The maximum absolute atomic E-state index is 9.64. The molecule has 0 amide bonds. The van der Waals surface area contributed by atoms with E-state index in [1.165, 1.54) is 0 Å². The Labute approximate surface area is 141 Å². The average molecular weight is 317 g/mol. The molecule has 0 heterocycles. The van der Waals surface area contributed by atoms with E-state index in [1.807, 2.05) is 91.0 Å². The number of hydrogen-bond donors (Lipinski definition) is 1. The molecule has 3 heteroatoms. The Morgan fingerprint density at radius 1 is 0.750 bits per heavy atom. The minimum Gasteiger partial charge on any atom is -0.392 e. The van der Waals surface area contributed by atoms with Gasteiger partial charge in [0, 0.05) is 11.1 Å². The highest BCUT2D eigenvalue weighted by Crippen LogP contribution is 2.19. The van der Waals surface area contributed by atoms with Crippen LogP contribution in [0.5, 0.6) is 0 Å². The maximum atomic E-state index is 9.64. The minimum absolute atomic E-state index is 0.135. The molecule has 0 aliphatic rings. The van der Waals surface area contributed by atoms with Crippen LogP contribution < -0.4 is 0 Å². The monoisotopic (exact) mass is 317 g/mol. The van der Waals surface area contributed by atoms with Crippen LogP contribution in [0.3, 0.4) is 0 Å². The lowest BCUT2D eigenvalue weighted by molar-refractivity contribution is 0.0156. The van der Waals surface area contributed by atoms with E-state index in [-0.39, 0.29) is 6.61 Å². The van der Waals surface area contributed by atoms with Crippen LogP contribution in [0.15, 0.2) is 96.2 Å². The highest BCUT2D eigenvalue weighted by molar-refractivity contribution is 6.12. The summed E-state index contributed by atoms with van der Waals surface area (Å²) in [6, 6.07) is 29.4. The van der Waals surface area contributed by atoms with E-state index < -0.39 is 6.10 Å². The molecular formula is C21H19NO2. The molecule has 24 heavy (non-hydrogen) atoms. The van der Waals surface area contributed by atoms with Gasteiger partial charge in [0.15, 0.2) is 6.10 Å². The van der Waals surface area contributed by atoms with E-state index in [4.69, 9.17) is 4.84 Å². The van der Waals surface area contributed by atoms with Gasteiger partial charge in [-0.05, 0) is 5.56 Å². The van der Waals surface area contributed by atoms with Crippen LogP contribution >= 0.6 is 0 Å². The topological polar surface area (TPSA) is 41.8 Å². The zero-order chi connectivity index (χ0) is 16.6. The van der Waals surface area contributed by atoms with Crippen molar-refractivity contribution in [3.8, 4) is 0 Å². The summed E-state index contributed by atoms with van der Waals surface area (Å²) in [7, 11) is 0. The molecule has 3 aromatic carbocycles. The van der Waals surface area contributed by atoms with Gasteiger partial charge in [-0.2, -0.15) is 0 Å². The molecule has 0 saturated carbocycles. The Morgan fingerprint density at radius 3 is 1.67 bits per heavy atom. The first-order valence-corrected chi connectivity index (χ1v) is 7.89. The number of benzene rings is 3. The van der Waals surface area contributed by atoms with Crippen molar-refractivity contribution in [2.24, 2.45) is 5.16 Å². The largest absolute Gasteiger partial charge is 0.392 e. The molecule has 0 radical (unpaired) electrons. The molecule has 0 bridgehead atoms. The molecule has 3 nitrogen and oxygen atoms in total. The second kappa shape index (κ2) is 8.09. The summed E-state index contributed by atoms with van der Waals surface area (Å²) < 4.78 is 0. The number of nitrogens with zero attached hydrogens (tertiary/aromatic N) is 1. The predicted molar refractivity (Wildman–Crippen MR) is 95.9 cm³/mol. The van der Waals surface area contributed by atoms with Crippen molar-refractivity contribution in [3.05, 3.63) is 108 Å². The average Bonchev–Trinajstić information content (AvgIpc) is 2.67. The van der Waals surface area contributed by atoms with Crippen LogP contribution in [0.4, 0.5) is 0 Å². The van der Waals surface area contributed by atoms with Gasteiger partial charge in [-0.1, -0.05) is 96.2 Å². The zero-order valence-electron chi connectivity index (χ0n) is 13.2. The normalized spacial score (nSPS) is 11.5. The molecule has 0 aromatic heterocycles. The van der Waals surface area contributed by atoms with E-state index in [1.54, 1.807) is 0 Å². The standard InChI is InChI=1S/C21H19NO2/c23-16-20(17-10-4-1-5-11-17)24-22-21(18-12-6-2-7-13-18)19-14-8-3-9-15-19/h1-15,20,23H,16H2. The van der Waals surface area contributed by atoms with Crippen LogP contribution in [-0.4, -0.2) is 17.4 Å². The second-order valence-corrected chi connectivity index (χ2v) is 5.36. The van der Waals surface area contributed by atoms with Gasteiger partial charge in [0.2, 0.25) is 0 Å². The van der Waals surface area contributed by atoms with E-state index in [9.17, 15) is 5.11 Å². The summed E-state index contributed by atoms with van der Waals surface area (Å²) in [5.74, 6) is 0. The lowest BCUT2D eigenvalue weighted by Gasteiger charge is -2.14. The van der Waals surface area contributed by atoms with Gasteiger partial charge in [0.05, 0.1) is 6.61 Å². The molecule has 0 fully saturated rings. The SMILES string of the molecule is OCC(ON=C(c1ccccc1)c1ccccc1)c1ccccc1. The van der Waals surface area contributed by atoms with Crippen LogP contribution in [0.1, 0.15) is 22.8 Å². The second-order valence-electron chi connectivity index (χ2n) is 5.36. The molecule has 0 spiro atoms. The first-order chi connectivity index (χ1) is 11.9. The number of rotatable bonds is 6. The summed E-state index contributed by atoms with van der Waals surface area (Å²) in [6.07, 6.45) is -0.492. The third-order valence-electron chi connectivity index (χ3n) is 3.70. The Bertz CT molecular complexity index is 729. The summed E-state index contributed by atoms with van der Waals surface area (Å²) in [6.45, 7) is -0.135. The van der Waals surface area contributed by atoms with Gasteiger partial charge in [0.25, 0.3) is 0 Å². The fraction of sp³-hybridized carbons (Fsp3) is 0.0952. The van der Waals surface area contributed by atoms with Crippen molar-refractivity contribution >= 4 is 5.71 Å². The van der Waals surface area contributed by atoms with Gasteiger partial charge in [-0.15, -0.1) is 0 Å². The molecule has 0 aliphatic heterocycles. The van der Waals surface area contributed by atoms with Crippen LogP contribution in [0.25, 0.3) is 0 Å².